The highest BCUT2D eigenvalue weighted by atomic mass is 16.5. The van der Waals surface area contributed by atoms with Gasteiger partial charge in [0.25, 0.3) is 6.47 Å². The molecule has 242 valence electrons. The van der Waals surface area contributed by atoms with E-state index in [1.807, 2.05) is 6.92 Å². The molecule has 41 heavy (non-hydrogen) atoms. The van der Waals surface area contributed by atoms with Gasteiger partial charge in [-0.15, -0.1) is 0 Å². The average Bonchev–Trinajstić information content (AvgIpc) is 2.96. The Kier molecular flexibility index (Phi) is 25.3. The molecule has 1 aliphatic rings. The number of ether oxygens (including phenoxy) is 4. The van der Waals surface area contributed by atoms with Gasteiger partial charge in [-0.1, -0.05) is 27.2 Å². The number of nitrogens with one attached hydrogen (secondary N) is 2. The lowest BCUT2D eigenvalue weighted by Crippen LogP contribution is -2.49. The highest BCUT2D eigenvalue weighted by Crippen LogP contribution is 2.27. The molecule has 12 nitrogen and oxygen atoms in total. The zero-order valence-corrected chi connectivity index (χ0v) is 27.1. The van der Waals surface area contributed by atoms with Crippen molar-refractivity contribution in [2.75, 3.05) is 93.9 Å². The van der Waals surface area contributed by atoms with Crippen LogP contribution in [-0.2, 0) is 38.1 Å². The van der Waals surface area contributed by atoms with Crippen molar-refractivity contribution in [1.29, 1.82) is 0 Å². The minimum absolute atomic E-state index is 0.161. The van der Waals surface area contributed by atoms with Crippen molar-refractivity contribution in [1.82, 2.24) is 20.4 Å². The van der Waals surface area contributed by atoms with Crippen LogP contribution in [0.2, 0.25) is 0 Å². The van der Waals surface area contributed by atoms with E-state index in [1.54, 1.807) is 13.8 Å². The van der Waals surface area contributed by atoms with Crippen LogP contribution in [0, 0.1) is 17.3 Å². The molecule has 1 heterocycles. The van der Waals surface area contributed by atoms with Gasteiger partial charge >= 0.3 is 17.9 Å². The third-order valence-electron chi connectivity index (χ3n) is 6.43. The number of hydrogen-bond acceptors (Lipinski definition) is 12. The van der Waals surface area contributed by atoms with E-state index in [-0.39, 0.29) is 23.8 Å². The van der Waals surface area contributed by atoms with Gasteiger partial charge in [0.1, 0.15) is 0 Å². The highest BCUT2D eigenvalue weighted by molar-refractivity contribution is 5.78. The second-order valence-corrected chi connectivity index (χ2v) is 10.8. The first-order valence-electron chi connectivity index (χ1n) is 14.5. The molecule has 0 aromatic heterocycles. The van der Waals surface area contributed by atoms with Gasteiger partial charge in [-0.3, -0.25) is 29.0 Å². The molecule has 0 spiro atoms. The number of carbonyl (C=O) groups is 4. The molecule has 0 aromatic carbocycles. The van der Waals surface area contributed by atoms with Crippen molar-refractivity contribution in [3.05, 3.63) is 0 Å². The molecular formula is C29H58N4O8. The standard InChI is InChI=1S/C24H46N4O6.C3H8.C2H4O2/c1-19(15-21(29)32-4)17-25-7-9-27-11-13-28(14-12-27)10-8-26-18-20(22(30)33-5)16-24(2,3)23(31)34-6;1-3-2;1-4-2-3/h19-20,25-26H,7-18H2,1-6H3;3H2,1-2H3;2H,1H3. The lowest BCUT2D eigenvalue weighted by Gasteiger charge is -2.35. The quantitative estimate of drug-likeness (QED) is 0.110. The fourth-order valence-corrected chi connectivity index (χ4v) is 4.16. The van der Waals surface area contributed by atoms with E-state index in [2.05, 4.69) is 39.0 Å². The summed E-state index contributed by atoms with van der Waals surface area (Å²) in [6.45, 7) is 19.2. The normalized spacial score (nSPS) is 15.1. The predicted octanol–water partition coefficient (Wildman–Crippen LogP) is 1.57. The van der Waals surface area contributed by atoms with Gasteiger partial charge < -0.3 is 29.6 Å². The molecule has 12 heteroatoms. The first-order valence-corrected chi connectivity index (χ1v) is 14.5. The molecule has 2 N–H and O–H groups in total. The minimum atomic E-state index is -0.750. The van der Waals surface area contributed by atoms with Gasteiger partial charge in [-0.05, 0) is 32.7 Å². The van der Waals surface area contributed by atoms with Crippen LogP contribution >= 0.6 is 0 Å². The van der Waals surface area contributed by atoms with Crippen LogP contribution in [0.3, 0.4) is 0 Å². The summed E-state index contributed by atoms with van der Waals surface area (Å²) in [6.07, 6.45) is 2.06. The monoisotopic (exact) mass is 590 g/mol. The largest absolute Gasteiger partial charge is 0.471 e. The number of esters is 3. The van der Waals surface area contributed by atoms with Crippen LogP contribution < -0.4 is 10.6 Å². The van der Waals surface area contributed by atoms with Crippen molar-refractivity contribution in [2.24, 2.45) is 17.3 Å². The number of nitrogens with zero attached hydrogens (tertiary/aromatic N) is 2. The zero-order valence-electron chi connectivity index (χ0n) is 27.1. The van der Waals surface area contributed by atoms with Gasteiger partial charge in [0.05, 0.1) is 39.8 Å². The van der Waals surface area contributed by atoms with Crippen LogP contribution in [0.15, 0.2) is 0 Å². The van der Waals surface area contributed by atoms with Crippen molar-refractivity contribution < 1.29 is 38.1 Å². The van der Waals surface area contributed by atoms with Crippen LogP contribution in [0.1, 0.15) is 53.9 Å². The second kappa shape index (κ2) is 25.4. The van der Waals surface area contributed by atoms with Crippen molar-refractivity contribution in [3.8, 4) is 0 Å². The van der Waals surface area contributed by atoms with Gasteiger partial charge in [0.2, 0.25) is 0 Å². The molecule has 2 atom stereocenters. The Hall–Kier alpha value is -2.28. The molecule has 0 saturated carbocycles. The molecule has 0 aliphatic carbocycles. The third kappa shape index (κ3) is 21.1. The summed E-state index contributed by atoms with van der Waals surface area (Å²) in [7, 11) is 5.47. The summed E-state index contributed by atoms with van der Waals surface area (Å²) in [6, 6.07) is 0. The number of rotatable bonds is 17. The van der Waals surface area contributed by atoms with Crippen molar-refractivity contribution >= 4 is 24.4 Å². The topological polar surface area (TPSA) is 136 Å². The number of hydrogen-bond donors (Lipinski definition) is 2. The van der Waals surface area contributed by atoms with E-state index in [0.717, 1.165) is 58.9 Å². The first-order chi connectivity index (χ1) is 19.5. The Morgan fingerprint density at radius 1 is 0.854 bits per heavy atom. The molecule has 1 saturated heterocycles. The van der Waals surface area contributed by atoms with Crippen LogP contribution in [0.5, 0.6) is 0 Å². The van der Waals surface area contributed by atoms with Gasteiger partial charge in [-0.2, -0.15) is 0 Å². The molecular weight excluding hydrogens is 532 g/mol. The number of carbonyl (C=O) groups excluding carboxylic acids is 4. The lowest BCUT2D eigenvalue weighted by molar-refractivity contribution is -0.154. The summed E-state index contributed by atoms with van der Waals surface area (Å²) in [5.74, 6) is -0.941. The van der Waals surface area contributed by atoms with Crippen molar-refractivity contribution in [2.45, 2.75) is 53.9 Å². The molecule has 0 radical (unpaired) electrons. The summed E-state index contributed by atoms with van der Waals surface area (Å²) in [5, 5.41) is 6.78. The van der Waals surface area contributed by atoms with E-state index in [1.165, 1.54) is 34.9 Å². The lowest BCUT2D eigenvalue weighted by atomic mass is 9.82. The molecule has 0 bridgehead atoms. The molecule has 0 aromatic rings. The van der Waals surface area contributed by atoms with E-state index in [4.69, 9.17) is 19.0 Å². The Morgan fingerprint density at radius 2 is 1.32 bits per heavy atom. The summed E-state index contributed by atoms with van der Waals surface area (Å²) in [5.41, 5.74) is -0.750. The van der Waals surface area contributed by atoms with Crippen LogP contribution in [0.25, 0.3) is 0 Å². The average molecular weight is 591 g/mol. The predicted molar refractivity (Wildman–Crippen MR) is 159 cm³/mol. The van der Waals surface area contributed by atoms with E-state index in [9.17, 15) is 14.4 Å². The second-order valence-electron chi connectivity index (χ2n) is 10.8. The summed E-state index contributed by atoms with van der Waals surface area (Å²) in [4.78, 5) is 49.3. The van der Waals surface area contributed by atoms with Gasteiger partial charge in [-0.25, -0.2) is 0 Å². The van der Waals surface area contributed by atoms with E-state index < -0.39 is 11.3 Å². The summed E-state index contributed by atoms with van der Waals surface area (Å²) >= 11 is 0. The maximum absolute atomic E-state index is 12.2. The third-order valence-corrected chi connectivity index (χ3v) is 6.43. The molecule has 2 unspecified atom stereocenters. The van der Waals surface area contributed by atoms with Crippen molar-refractivity contribution in [3.63, 3.8) is 0 Å². The van der Waals surface area contributed by atoms with E-state index in [0.29, 0.717) is 25.9 Å². The smallest absolute Gasteiger partial charge is 0.311 e. The number of piperazine rings is 1. The Balaban J connectivity index is 0. The Bertz CT molecular complexity index is 700. The molecule has 1 rings (SSSR count). The minimum Gasteiger partial charge on any atom is -0.471 e. The first kappa shape index (κ1) is 40.9. The molecule has 1 aliphatic heterocycles. The van der Waals surface area contributed by atoms with Gasteiger partial charge in [0, 0.05) is 65.3 Å². The fraction of sp³-hybridized carbons (Fsp3) is 0.862. The Morgan fingerprint density at radius 3 is 1.71 bits per heavy atom. The van der Waals surface area contributed by atoms with E-state index >= 15 is 0 Å². The highest BCUT2D eigenvalue weighted by Gasteiger charge is 2.35. The Labute approximate surface area is 248 Å². The zero-order chi connectivity index (χ0) is 31.7. The number of methoxy groups -OCH3 is 4. The van der Waals surface area contributed by atoms with Crippen LogP contribution in [-0.4, -0.2) is 128 Å². The maximum atomic E-state index is 12.2. The van der Waals surface area contributed by atoms with Gasteiger partial charge in [0.15, 0.2) is 0 Å². The maximum Gasteiger partial charge on any atom is 0.311 e. The van der Waals surface area contributed by atoms with Crippen LogP contribution in [0.4, 0.5) is 0 Å². The summed E-state index contributed by atoms with van der Waals surface area (Å²) < 4.78 is 18.4. The molecule has 1 fully saturated rings. The molecule has 0 amide bonds. The fourth-order valence-electron chi connectivity index (χ4n) is 4.16. The SMILES string of the molecule is CCC.COC(=O)CC(C)CNCCN1CCN(CCNCC(CC(C)(C)C(=O)OC)C(=O)OC)CC1.COC=O.